The highest BCUT2D eigenvalue weighted by Crippen LogP contribution is 2.38. The topological polar surface area (TPSA) is 71.4 Å². The third kappa shape index (κ3) is 3.53. The van der Waals surface area contributed by atoms with E-state index in [4.69, 9.17) is 0 Å². The van der Waals surface area contributed by atoms with Gasteiger partial charge < -0.3 is 5.11 Å². The lowest BCUT2D eigenvalue weighted by molar-refractivity contribution is 0.101. The fourth-order valence-electron chi connectivity index (χ4n) is 2.84. The summed E-state index contributed by atoms with van der Waals surface area (Å²) in [6.45, 7) is 1.50. The van der Waals surface area contributed by atoms with Crippen molar-refractivity contribution in [2.45, 2.75) is 11.8 Å². The Labute approximate surface area is 152 Å². The van der Waals surface area contributed by atoms with Gasteiger partial charge in [-0.1, -0.05) is 48.5 Å². The van der Waals surface area contributed by atoms with Crippen LogP contribution in [0.25, 0.3) is 22.3 Å². The molecule has 132 valence electrons. The average Bonchev–Trinajstić information content (AvgIpc) is 2.61. The van der Waals surface area contributed by atoms with E-state index in [1.165, 1.54) is 13.2 Å². The molecule has 0 aliphatic carbocycles. The van der Waals surface area contributed by atoms with Gasteiger partial charge in [0.15, 0.2) is 15.6 Å². The molecule has 0 bridgehead atoms. The number of Topliss-reactive ketones (excluding diaryl/α,β-unsaturated/α-hetero) is 1. The van der Waals surface area contributed by atoms with Crippen molar-refractivity contribution in [3.05, 3.63) is 72.3 Å². The molecule has 1 N–H and O–H groups in total. The Bertz CT molecular complexity index is 1060. The Morgan fingerprint density at radius 2 is 1.42 bits per heavy atom. The van der Waals surface area contributed by atoms with Gasteiger partial charge in [0.25, 0.3) is 0 Å². The molecule has 3 rings (SSSR count). The monoisotopic (exact) mass is 366 g/mol. The number of sulfone groups is 1. The zero-order chi connectivity index (χ0) is 18.9. The lowest BCUT2D eigenvalue weighted by atomic mass is 9.93. The number of ketones is 1. The van der Waals surface area contributed by atoms with Gasteiger partial charge >= 0.3 is 0 Å². The normalized spacial score (nSPS) is 11.3. The minimum Gasteiger partial charge on any atom is -0.507 e. The molecule has 0 fully saturated rings. The number of phenolic OH excluding ortho intramolecular Hbond substituents is 1. The highest BCUT2D eigenvalue weighted by atomic mass is 32.2. The third-order valence-electron chi connectivity index (χ3n) is 4.22. The third-order valence-corrected chi connectivity index (χ3v) is 5.34. The maximum absolute atomic E-state index is 11.6. The van der Waals surface area contributed by atoms with Crippen LogP contribution in [0.3, 0.4) is 0 Å². The summed E-state index contributed by atoms with van der Waals surface area (Å²) >= 11 is 0. The van der Waals surface area contributed by atoms with Gasteiger partial charge in [0.05, 0.1) is 4.90 Å². The standard InChI is InChI=1S/C21H18O4S/c1-14(22)15-6-8-17(9-7-15)21-19(4-3-5-20(21)23)16-10-12-18(13-11-16)26(2,24)25/h3-13,23H,1-2H3. The van der Waals surface area contributed by atoms with Crippen molar-refractivity contribution in [1.29, 1.82) is 0 Å². The van der Waals surface area contributed by atoms with Crippen LogP contribution >= 0.6 is 0 Å². The van der Waals surface area contributed by atoms with Crippen LogP contribution in [0.1, 0.15) is 17.3 Å². The van der Waals surface area contributed by atoms with Crippen molar-refractivity contribution in [1.82, 2.24) is 0 Å². The summed E-state index contributed by atoms with van der Waals surface area (Å²) in [6, 6.07) is 18.8. The molecule has 0 aliphatic heterocycles. The second-order valence-corrected chi connectivity index (χ2v) is 8.15. The minimum atomic E-state index is -3.27. The van der Waals surface area contributed by atoms with E-state index in [9.17, 15) is 18.3 Å². The summed E-state index contributed by atoms with van der Waals surface area (Å²) in [5.74, 6) is 0.0932. The van der Waals surface area contributed by atoms with E-state index in [1.54, 1.807) is 60.7 Å². The Balaban J connectivity index is 2.12. The Hall–Kier alpha value is -2.92. The molecular formula is C21H18O4S. The van der Waals surface area contributed by atoms with E-state index in [0.29, 0.717) is 11.1 Å². The summed E-state index contributed by atoms with van der Waals surface area (Å²) in [6.07, 6.45) is 1.17. The van der Waals surface area contributed by atoms with E-state index in [2.05, 4.69) is 0 Å². The number of hydrogen-bond donors (Lipinski definition) is 1. The Morgan fingerprint density at radius 3 is 1.96 bits per heavy atom. The molecule has 0 saturated heterocycles. The SMILES string of the molecule is CC(=O)c1ccc(-c2c(O)cccc2-c2ccc(S(C)(=O)=O)cc2)cc1. The van der Waals surface area contributed by atoms with Crippen LogP contribution in [-0.2, 0) is 9.84 Å². The quantitative estimate of drug-likeness (QED) is 0.698. The molecule has 0 spiro atoms. The number of hydrogen-bond acceptors (Lipinski definition) is 4. The van der Waals surface area contributed by atoms with Crippen molar-refractivity contribution < 1.29 is 18.3 Å². The van der Waals surface area contributed by atoms with Gasteiger partial charge in [-0.2, -0.15) is 0 Å². The van der Waals surface area contributed by atoms with E-state index in [-0.39, 0.29) is 16.4 Å². The molecule has 3 aromatic rings. The number of carbonyl (C=O) groups is 1. The van der Waals surface area contributed by atoms with Gasteiger partial charge in [0, 0.05) is 17.4 Å². The van der Waals surface area contributed by atoms with Crippen molar-refractivity contribution in [3.63, 3.8) is 0 Å². The van der Waals surface area contributed by atoms with Crippen LogP contribution in [0.15, 0.2) is 71.6 Å². The highest BCUT2D eigenvalue weighted by molar-refractivity contribution is 7.90. The zero-order valence-electron chi connectivity index (χ0n) is 14.4. The van der Waals surface area contributed by atoms with Gasteiger partial charge in [0.2, 0.25) is 0 Å². The van der Waals surface area contributed by atoms with Gasteiger partial charge in [-0.25, -0.2) is 8.42 Å². The maximum Gasteiger partial charge on any atom is 0.175 e. The van der Waals surface area contributed by atoms with Gasteiger partial charge in [-0.15, -0.1) is 0 Å². The van der Waals surface area contributed by atoms with Gasteiger partial charge in [0.1, 0.15) is 5.75 Å². The summed E-state index contributed by atoms with van der Waals surface area (Å²) in [7, 11) is -3.27. The molecule has 0 atom stereocenters. The van der Waals surface area contributed by atoms with Crippen molar-refractivity contribution in [3.8, 4) is 28.0 Å². The molecule has 5 heteroatoms. The molecule has 0 heterocycles. The molecular weight excluding hydrogens is 348 g/mol. The van der Waals surface area contributed by atoms with Crippen LogP contribution < -0.4 is 0 Å². The molecule has 0 radical (unpaired) electrons. The summed E-state index contributed by atoms with van der Waals surface area (Å²) in [5.41, 5.74) is 3.58. The zero-order valence-corrected chi connectivity index (χ0v) is 15.2. The van der Waals surface area contributed by atoms with E-state index in [1.807, 2.05) is 6.07 Å². The summed E-state index contributed by atoms with van der Waals surface area (Å²) in [4.78, 5) is 11.7. The van der Waals surface area contributed by atoms with Crippen LogP contribution in [0, 0.1) is 0 Å². The fourth-order valence-corrected chi connectivity index (χ4v) is 3.47. The second-order valence-electron chi connectivity index (χ2n) is 6.13. The number of aromatic hydroxyl groups is 1. The first-order valence-electron chi connectivity index (χ1n) is 8.01. The second kappa shape index (κ2) is 6.77. The maximum atomic E-state index is 11.6. The number of phenols is 1. The summed E-state index contributed by atoms with van der Waals surface area (Å²) in [5, 5.41) is 10.4. The van der Waals surface area contributed by atoms with Crippen LogP contribution in [-0.4, -0.2) is 25.6 Å². The minimum absolute atomic E-state index is 0.0228. The highest BCUT2D eigenvalue weighted by Gasteiger charge is 2.14. The fraction of sp³-hybridized carbons (Fsp3) is 0.0952. The van der Waals surface area contributed by atoms with E-state index in [0.717, 1.165) is 16.7 Å². The smallest absolute Gasteiger partial charge is 0.175 e. The Kier molecular flexibility index (Phi) is 4.66. The molecule has 0 amide bonds. The number of benzene rings is 3. The van der Waals surface area contributed by atoms with E-state index >= 15 is 0 Å². The summed E-state index contributed by atoms with van der Waals surface area (Å²) < 4.78 is 23.3. The number of rotatable bonds is 4. The largest absolute Gasteiger partial charge is 0.507 e. The molecule has 0 unspecified atom stereocenters. The average molecular weight is 366 g/mol. The van der Waals surface area contributed by atoms with Gasteiger partial charge in [-0.05, 0) is 41.8 Å². The van der Waals surface area contributed by atoms with Crippen LogP contribution in [0.5, 0.6) is 5.75 Å². The van der Waals surface area contributed by atoms with Gasteiger partial charge in [-0.3, -0.25) is 4.79 Å². The molecule has 26 heavy (non-hydrogen) atoms. The molecule has 0 saturated carbocycles. The first-order valence-corrected chi connectivity index (χ1v) is 9.90. The van der Waals surface area contributed by atoms with Crippen molar-refractivity contribution in [2.24, 2.45) is 0 Å². The first-order chi connectivity index (χ1) is 12.3. The molecule has 0 aromatic heterocycles. The van der Waals surface area contributed by atoms with Crippen LogP contribution in [0.2, 0.25) is 0 Å². The molecule has 4 nitrogen and oxygen atoms in total. The predicted octanol–water partition coefficient (Wildman–Crippen LogP) is 4.33. The van der Waals surface area contributed by atoms with Crippen LogP contribution in [0.4, 0.5) is 0 Å². The Morgan fingerprint density at radius 1 is 0.846 bits per heavy atom. The van der Waals surface area contributed by atoms with Crippen molar-refractivity contribution in [2.75, 3.05) is 6.26 Å². The number of carbonyl (C=O) groups excluding carboxylic acids is 1. The first kappa shape index (κ1) is 17.9. The molecule has 3 aromatic carbocycles. The lowest BCUT2D eigenvalue weighted by Gasteiger charge is -2.13. The van der Waals surface area contributed by atoms with E-state index < -0.39 is 9.84 Å². The van der Waals surface area contributed by atoms with Crippen molar-refractivity contribution >= 4 is 15.6 Å². The predicted molar refractivity (Wildman–Crippen MR) is 102 cm³/mol. The lowest BCUT2D eigenvalue weighted by Crippen LogP contribution is -1.96. The molecule has 0 aliphatic rings.